The molecule has 1 N–H and O–H groups in total. The van der Waals surface area contributed by atoms with Crippen molar-refractivity contribution in [1.29, 1.82) is 0 Å². The molecule has 1 nitrogen and oxygen atoms in total. The Hall–Kier alpha value is -1.10. The Kier molecular flexibility index (Phi) is 1.99. The lowest BCUT2D eigenvalue weighted by atomic mass is 9.86. The molecule has 0 aliphatic carbocycles. The van der Waals surface area contributed by atoms with E-state index in [0.717, 1.165) is 6.07 Å². The van der Waals surface area contributed by atoms with E-state index in [-0.39, 0.29) is 0 Å². The van der Waals surface area contributed by atoms with Crippen LogP contribution in [0, 0.1) is 0 Å². The van der Waals surface area contributed by atoms with Gasteiger partial charge in [0.25, 0.3) is 0 Å². The molecule has 0 aliphatic rings. The standard InChI is InChI=1S/C8H5BClF3N/c10-6-1-2-7-5(3-6)4-8(14-7)9(11,12)13/h1-4,14H/q-1. The van der Waals surface area contributed by atoms with Crippen molar-refractivity contribution in [2.24, 2.45) is 0 Å². The van der Waals surface area contributed by atoms with Crippen LogP contribution in [0.5, 0.6) is 0 Å². The number of hydrogen-bond donors (Lipinski definition) is 1. The van der Waals surface area contributed by atoms with Crippen molar-refractivity contribution in [3.05, 3.63) is 29.3 Å². The first kappa shape index (κ1) is 9.46. The molecule has 0 fully saturated rings. The number of aromatic nitrogens is 1. The summed E-state index contributed by atoms with van der Waals surface area (Å²) in [5.74, 6) is 0. The molecule has 1 aromatic heterocycles. The summed E-state index contributed by atoms with van der Waals surface area (Å²) in [5, 5.41) is 0.907. The second-order valence-corrected chi connectivity index (χ2v) is 3.47. The zero-order valence-electron chi connectivity index (χ0n) is 6.90. The molecule has 2 rings (SSSR count). The molecule has 0 radical (unpaired) electrons. The highest BCUT2D eigenvalue weighted by Crippen LogP contribution is 2.19. The smallest absolute Gasteiger partial charge is 0.444 e. The molecule has 0 atom stereocenters. The van der Waals surface area contributed by atoms with E-state index in [1.807, 2.05) is 0 Å². The third-order valence-corrected chi connectivity index (χ3v) is 2.19. The number of nitrogens with one attached hydrogen (secondary N) is 1. The van der Waals surface area contributed by atoms with E-state index in [4.69, 9.17) is 11.6 Å². The number of benzene rings is 1. The predicted octanol–water partition coefficient (Wildman–Crippen LogP) is 2.88. The summed E-state index contributed by atoms with van der Waals surface area (Å²) >= 11 is 5.65. The number of aromatic amines is 1. The number of halogens is 4. The summed E-state index contributed by atoms with van der Waals surface area (Å²) in [5.41, 5.74) is -0.245. The van der Waals surface area contributed by atoms with Gasteiger partial charge in [-0.15, -0.1) is 0 Å². The van der Waals surface area contributed by atoms with Crippen LogP contribution >= 0.6 is 11.6 Å². The van der Waals surface area contributed by atoms with Crippen LogP contribution in [0.25, 0.3) is 10.9 Å². The van der Waals surface area contributed by atoms with E-state index in [0.29, 0.717) is 15.9 Å². The van der Waals surface area contributed by atoms with Crippen molar-refractivity contribution in [2.45, 2.75) is 0 Å². The predicted molar refractivity (Wildman–Crippen MR) is 52.0 cm³/mol. The highest BCUT2D eigenvalue weighted by molar-refractivity contribution is 6.73. The fourth-order valence-electron chi connectivity index (χ4n) is 1.30. The van der Waals surface area contributed by atoms with Gasteiger partial charge >= 0.3 is 6.98 Å². The Labute approximate surface area is 82.9 Å². The molecule has 0 bridgehead atoms. The number of rotatable bonds is 1. The summed E-state index contributed by atoms with van der Waals surface area (Å²) in [6.07, 6.45) is 0. The van der Waals surface area contributed by atoms with Gasteiger partial charge in [-0.2, -0.15) is 0 Å². The van der Waals surface area contributed by atoms with Crippen LogP contribution in [0.2, 0.25) is 5.02 Å². The van der Waals surface area contributed by atoms with Crippen LogP contribution < -0.4 is 5.59 Å². The lowest BCUT2D eigenvalue weighted by Gasteiger charge is -2.10. The van der Waals surface area contributed by atoms with Gasteiger partial charge in [-0.3, -0.25) is 0 Å². The summed E-state index contributed by atoms with van der Waals surface area (Å²) in [7, 11) is 0. The fourth-order valence-corrected chi connectivity index (χ4v) is 1.48. The Morgan fingerprint density at radius 1 is 1.14 bits per heavy atom. The third kappa shape index (κ3) is 1.59. The molecule has 0 amide bonds. The highest BCUT2D eigenvalue weighted by atomic mass is 35.5. The van der Waals surface area contributed by atoms with Gasteiger partial charge < -0.3 is 17.9 Å². The van der Waals surface area contributed by atoms with Gasteiger partial charge in [0.05, 0.1) is 0 Å². The average molecular weight is 218 g/mol. The molecule has 0 spiro atoms. The summed E-state index contributed by atoms with van der Waals surface area (Å²) in [6.45, 7) is -4.97. The molecule has 0 aliphatic heterocycles. The molecule has 14 heavy (non-hydrogen) atoms. The molecule has 2 aromatic rings. The average Bonchev–Trinajstić information content (AvgIpc) is 2.45. The van der Waals surface area contributed by atoms with Crippen LogP contribution in [0.3, 0.4) is 0 Å². The summed E-state index contributed by atoms with van der Waals surface area (Å²) < 4.78 is 37.0. The van der Waals surface area contributed by atoms with Crippen molar-refractivity contribution in [3.8, 4) is 0 Å². The molecule has 0 saturated carbocycles. The molecule has 6 heteroatoms. The van der Waals surface area contributed by atoms with Crippen LogP contribution in [-0.2, 0) is 0 Å². The van der Waals surface area contributed by atoms with Gasteiger partial charge in [-0.1, -0.05) is 17.7 Å². The zero-order chi connectivity index (χ0) is 10.3. The summed E-state index contributed by atoms with van der Waals surface area (Å²) in [4.78, 5) is 2.31. The van der Waals surface area contributed by atoms with Crippen molar-refractivity contribution >= 4 is 35.1 Å². The zero-order valence-corrected chi connectivity index (χ0v) is 7.65. The van der Waals surface area contributed by atoms with Gasteiger partial charge in [0, 0.05) is 10.5 Å². The quantitative estimate of drug-likeness (QED) is 0.709. The summed E-state index contributed by atoms with van der Waals surface area (Å²) in [6, 6.07) is 5.65. The van der Waals surface area contributed by atoms with Crippen molar-refractivity contribution in [3.63, 3.8) is 0 Å². The monoisotopic (exact) mass is 218 g/mol. The molecule has 74 valence electrons. The van der Waals surface area contributed by atoms with E-state index < -0.39 is 12.6 Å². The van der Waals surface area contributed by atoms with Gasteiger partial charge in [0.2, 0.25) is 0 Å². The Bertz CT molecular complexity index is 477. The fraction of sp³-hybridized carbons (Fsp3) is 0. The lowest BCUT2D eigenvalue weighted by molar-refractivity contribution is 0.499. The maximum Gasteiger partial charge on any atom is 0.525 e. The molecule has 0 saturated heterocycles. The first-order chi connectivity index (χ1) is 6.47. The van der Waals surface area contributed by atoms with Gasteiger partial charge in [0.1, 0.15) is 0 Å². The Morgan fingerprint density at radius 3 is 2.50 bits per heavy atom. The van der Waals surface area contributed by atoms with Gasteiger partial charge in [-0.05, 0) is 29.2 Å². The number of fused-ring (bicyclic) bond motifs is 1. The molecular formula is C8H5BClF3N-. The number of H-pyrrole nitrogens is 1. The number of hydrogen-bond acceptors (Lipinski definition) is 0. The van der Waals surface area contributed by atoms with E-state index in [1.165, 1.54) is 12.1 Å². The van der Waals surface area contributed by atoms with Gasteiger partial charge in [0.15, 0.2) is 0 Å². The minimum atomic E-state index is -4.97. The van der Waals surface area contributed by atoms with E-state index in [1.54, 1.807) is 6.07 Å². The maximum absolute atomic E-state index is 12.3. The molecule has 0 unspecified atom stereocenters. The normalized spacial score (nSPS) is 12.3. The first-order valence-electron chi connectivity index (χ1n) is 3.95. The lowest BCUT2D eigenvalue weighted by Crippen LogP contribution is -2.34. The molecule has 1 heterocycles. The minimum absolute atomic E-state index is 0.428. The topological polar surface area (TPSA) is 15.8 Å². The largest absolute Gasteiger partial charge is 0.525 e. The van der Waals surface area contributed by atoms with Crippen LogP contribution in [-0.4, -0.2) is 12.0 Å². The maximum atomic E-state index is 12.3. The first-order valence-corrected chi connectivity index (χ1v) is 4.33. The van der Waals surface area contributed by atoms with Crippen molar-refractivity contribution in [1.82, 2.24) is 4.98 Å². The van der Waals surface area contributed by atoms with Crippen molar-refractivity contribution < 1.29 is 12.9 Å². The highest BCUT2D eigenvalue weighted by Gasteiger charge is 2.27. The van der Waals surface area contributed by atoms with E-state index in [9.17, 15) is 12.9 Å². The van der Waals surface area contributed by atoms with Crippen LogP contribution in [0.4, 0.5) is 12.9 Å². The second kappa shape index (κ2) is 2.95. The van der Waals surface area contributed by atoms with Gasteiger partial charge in [-0.25, -0.2) is 0 Å². The minimum Gasteiger partial charge on any atom is -0.444 e. The van der Waals surface area contributed by atoms with E-state index >= 15 is 0 Å². The molecular weight excluding hydrogens is 213 g/mol. The third-order valence-electron chi connectivity index (χ3n) is 1.96. The molecule has 1 aromatic carbocycles. The van der Waals surface area contributed by atoms with Crippen LogP contribution in [0.15, 0.2) is 24.3 Å². The van der Waals surface area contributed by atoms with Crippen LogP contribution in [0.1, 0.15) is 0 Å². The SMILES string of the molecule is F[B-](F)(F)c1cc2cc(Cl)ccc2[nH]1. The second-order valence-electron chi connectivity index (χ2n) is 3.03. The van der Waals surface area contributed by atoms with E-state index in [2.05, 4.69) is 4.98 Å². The van der Waals surface area contributed by atoms with Crippen molar-refractivity contribution in [2.75, 3.05) is 0 Å². The Balaban J connectivity index is 2.63. The Morgan fingerprint density at radius 2 is 1.86 bits per heavy atom.